The molecule has 0 unspecified atom stereocenters. The number of nitrogens with one attached hydrogen (secondary N) is 1. The third-order valence-corrected chi connectivity index (χ3v) is 4.99. The third-order valence-electron chi connectivity index (χ3n) is 3.31. The van der Waals surface area contributed by atoms with Crippen molar-refractivity contribution in [3.63, 3.8) is 0 Å². The minimum absolute atomic E-state index is 0.0964. The quantitative estimate of drug-likeness (QED) is 0.829. The first-order valence-corrected chi connectivity index (χ1v) is 9.45. The molecule has 2 rings (SSSR count). The number of sulfonamides is 1. The SMILES string of the molecule is Cc1cc(Br)ccc1N(CCC(=O)NC1CC1)S(C)(=O)=O. The Morgan fingerprint density at radius 3 is 2.62 bits per heavy atom. The van der Waals surface area contributed by atoms with Crippen molar-refractivity contribution < 1.29 is 13.2 Å². The van der Waals surface area contributed by atoms with Crippen LogP contribution < -0.4 is 9.62 Å². The summed E-state index contributed by atoms with van der Waals surface area (Å²) in [6.45, 7) is 2.00. The van der Waals surface area contributed by atoms with Crippen LogP contribution in [0.3, 0.4) is 0 Å². The molecule has 0 saturated heterocycles. The molecule has 1 aromatic rings. The van der Waals surface area contributed by atoms with Gasteiger partial charge in [-0.25, -0.2) is 8.42 Å². The van der Waals surface area contributed by atoms with E-state index in [1.165, 1.54) is 4.31 Å². The Bertz CT molecular complexity index is 642. The molecule has 1 N–H and O–H groups in total. The van der Waals surface area contributed by atoms with Gasteiger partial charge in [-0.05, 0) is 43.5 Å². The monoisotopic (exact) mass is 374 g/mol. The Balaban J connectivity index is 2.12. The highest BCUT2D eigenvalue weighted by atomic mass is 79.9. The fourth-order valence-electron chi connectivity index (χ4n) is 2.09. The Kier molecular flexibility index (Phi) is 4.93. The van der Waals surface area contributed by atoms with E-state index >= 15 is 0 Å². The van der Waals surface area contributed by atoms with Gasteiger partial charge in [0.25, 0.3) is 0 Å². The van der Waals surface area contributed by atoms with E-state index < -0.39 is 10.0 Å². The average Bonchev–Trinajstić information content (AvgIpc) is 3.14. The van der Waals surface area contributed by atoms with Crippen molar-refractivity contribution in [1.29, 1.82) is 0 Å². The van der Waals surface area contributed by atoms with E-state index in [0.29, 0.717) is 11.7 Å². The van der Waals surface area contributed by atoms with Crippen molar-refractivity contribution in [1.82, 2.24) is 5.32 Å². The van der Waals surface area contributed by atoms with Crippen LogP contribution in [-0.4, -0.2) is 33.2 Å². The molecule has 1 saturated carbocycles. The van der Waals surface area contributed by atoms with Gasteiger partial charge >= 0.3 is 0 Å². The zero-order valence-electron chi connectivity index (χ0n) is 12.1. The van der Waals surface area contributed by atoms with Crippen LogP contribution in [0.4, 0.5) is 5.69 Å². The summed E-state index contributed by atoms with van der Waals surface area (Å²) in [5.74, 6) is -0.0964. The topological polar surface area (TPSA) is 66.5 Å². The number of benzene rings is 1. The van der Waals surface area contributed by atoms with Crippen molar-refractivity contribution in [3.05, 3.63) is 28.2 Å². The second-order valence-electron chi connectivity index (χ2n) is 5.36. The van der Waals surface area contributed by atoms with Gasteiger partial charge in [0, 0.05) is 23.5 Å². The molecule has 0 aliphatic heterocycles. The van der Waals surface area contributed by atoms with Crippen LogP contribution in [0.15, 0.2) is 22.7 Å². The number of carbonyl (C=O) groups is 1. The smallest absolute Gasteiger partial charge is 0.232 e. The first kappa shape index (κ1) is 16.3. The Morgan fingerprint density at radius 1 is 1.43 bits per heavy atom. The lowest BCUT2D eigenvalue weighted by Crippen LogP contribution is -2.35. The molecule has 1 aliphatic carbocycles. The number of hydrogen-bond donors (Lipinski definition) is 1. The van der Waals surface area contributed by atoms with E-state index in [-0.39, 0.29) is 18.9 Å². The van der Waals surface area contributed by atoms with Crippen LogP contribution in [-0.2, 0) is 14.8 Å². The lowest BCUT2D eigenvalue weighted by Gasteiger charge is -2.24. The van der Waals surface area contributed by atoms with Gasteiger partial charge in [0.1, 0.15) is 0 Å². The van der Waals surface area contributed by atoms with Gasteiger partial charge < -0.3 is 5.32 Å². The summed E-state index contributed by atoms with van der Waals surface area (Å²) < 4.78 is 26.2. The average molecular weight is 375 g/mol. The zero-order valence-corrected chi connectivity index (χ0v) is 14.5. The second kappa shape index (κ2) is 6.36. The number of carbonyl (C=O) groups excluding carboxylic acids is 1. The minimum Gasteiger partial charge on any atom is -0.353 e. The van der Waals surface area contributed by atoms with Crippen molar-refractivity contribution >= 4 is 37.5 Å². The normalized spacial score (nSPS) is 14.8. The van der Waals surface area contributed by atoms with Gasteiger partial charge in [0.2, 0.25) is 15.9 Å². The van der Waals surface area contributed by atoms with E-state index in [2.05, 4.69) is 21.2 Å². The number of halogens is 1. The highest BCUT2D eigenvalue weighted by Gasteiger charge is 2.25. The van der Waals surface area contributed by atoms with Crippen LogP contribution in [0.5, 0.6) is 0 Å². The number of rotatable bonds is 6. The van der Waals surface area contributed by atoms with Gasteiger partial charge in [0.05, 0.1) is 11.9 Å². The fraction of sp³-hybridized carbons (Fsp3) is 0.500. The van der Waals surface area contributed by atoms with Crippen molar-refractivity contribution in [2.75, 3.05) is 17.1 Å². The number of nitrogens with zero attached hydrogens (tertiary/aromatic N) is 1. The Morgan fingerprint density at radius 2 is 2.10 bits per heavy atom. The standard InChI is InChI=1S/C14H19BrN2O3S/c1-10-9-11(15)3-6-13(10)17(21(2,19)20)8-7-14(18)16-12-4-5-12/h3,6,9,12H,4-5,7-8H2,1-2H3,(H,16,18). The number of amides is 1. The predicted octanol–water partition coefficient (Wildman–Crippen LogP) is 2.19. The number of anilines is 1. The van der Waals surface area contributed by atoms with Crippen molar-refractivity contribution in [3.8, 4) is 0 Å². The molecule has 0 heterocycles. The highest BCUT2D eigenvalue weighted by molar-refractivity contribution is 9.10. The number of aryl methyl sites for hydroxylation is 1. The largest absolute Gasteiger partial charge is 0.353 e. The van der Waals surface area contributed by atoms with E-state index in [0.717, 1.165) is 29.1 Å². The van der Waals surface area contributed by atoms with E-state index in [1.54, 1.807) is 12.1 Å². The van der Waals surface area contributed by atoms with Gasteiger partial charge in [-0.1, -0.05) is 15.9 Å². The lowest BCUT2D eigenvalue weighted by molar-refractivity contribution is -0.121. The Labute approximate surface area is 133 Å². The fourth-order valence-corrected chi connectivity index (χ4v) is 3.55. The zero-order chi connectivity index (χ0) is 15.6. The van der Waals surface area contributed by atoms with E-state index in [9.17, 15) is 13.2 Å². The van der Waals surface area contributed by atoms with Gasteiger partial charge in [-0.2, -0.15) is 0 Å². The maximum Gasteiger partial charge on any atom is 0.232 e. The Hall–Kier alpha value is -1.08. The molecule has 1 amide bonds. The first-order chi connectivity index (χ1) is 9.77. The van der Waals surface area contributed by atoms with Crippen LogP contribution in [0.1, 0.15) is 24.8 Å². The van der Waals surface area contributed by atoms with Gasteiger partial charge in [-0.15, -0.1) is 0 Å². The van der Waals surface area contributed by atoms with E-state index in [1.807, 2.05) is 13.0 Å². The van der Waals surface area contributed by atoms with Crippen molar-refractivity contribution in [2.24, 2.45) is 0 Å². The molecule has 1 aromatic carbocycles. The van der Waals surface area contributed by atoms with Crippen LogP contribution in [0.2, 0.25) is 0 Å². The summed E-state index contributed by atoms with van der Waals surface area (Å²) >= 11 is 3.36. The van der Waals surface area contributed by atoms with E-state index in [4.69, 9.17) is 0 Å². The van der Waals surface area contributed by atoms with Crippen LogP contribution in [0.25, 0.3) is 0 Å². The predicted molar refractivity (Wildman–Crippen MR) is 86.9 cm³/mol. The molecule has 0 atom stereocenters. The first-order valence-electron chi connectivity index (χ1n) is 6.80. The third kappa shape index (κ3) is 4.71. The molecule has 7 heteroatoms. The molecule has 5 nitrogen and oxygen atoms in total. The molecular formula is C14H19BrN2O3S. The van der Waals surface area contributed by atoms with Crippen LogP contribution >= 0.6 is 15.9 Å². The maximum atomic E-state index is 12.0. The number of hydrogen-bond acceptors (Lipinski definition) is 3. The summed E-state index contributed by atoms with van der Waals surface area (Å²) in [6.07, 6.45) is 3.37. The molecule has 1 fully saturated rings. The van der Waals surface area contributed by atoms with Crippen LogP contribution in [0, 0.1) is 6.92 Å². The van der Waals surface area contributed by atoms with Crippen molar-refractivity contribution in [2.45, 2.75) is 32.2 Å². The van der Waals surface area contributed by atoms with Gasteiger partial charge in [-0.3, -0.25) is 9.10 Å². The lowest BCUT2D eigenvalue weighted by atomic mass is 10.2. The molecular weight excluding hydrogens is 356 g/mol. The molecule has 1 aliphatic rings. The molecule has 0 bridgehead atoms. The van der Waals surface area contributed by atoms with Gasteiger partial charge in [0.15, 0.2) is 0 Å². The summed E-state index contributed by atoms with van der Waals surface area (Å²) in [4.78, 5) is 11.8. The minimum atomic E-state index is -3.42. The summed E-state index contributed by atoms with van der Waals surface area (Å²) in [7, 11) is -3.42. The molecule has 0 spiro atoms. The molecule has 0 aromatic heterocycles. The molecule has 21 heavy (non-hydrogen) atoms. The maximum absolute atomic E-state index is 12.0. The summed E-state index contributed by atoms with van der Waals surface area (Å²) in [5.41, 5.74) is 1.46. The second-order valence-corrected chi connectivity index (χ2v) is 8.18. The molecule has 116 valence electrons. The molecule has 0 radical (unpaired) electrons. The summed E-state index contributed by atoms with van der Waals surface area (Å²) in [6, 6.07) is 5.69. The highest BCUT2D eigenvalue weighted by Crippen LogP contribution is 2.26. The summed E-state index contributed by atoms with van der Waals surface area (Å²) in [5, 5.41) is 2.87.